The monoisotopic (exact) mass is 212 g/mol. The lowest BCUT2D eigenvalue weighted by Crippen LogP contribution is -2.35. The first-order valence-electron chi connectivity index (χ1n) is 6.34. The molecule has 0 aromatic rings. The highest BCUT2D eigenvalue weighted by molar-refractivity contribution is 4.96. The van der Waals surface area contributed by atoms with E-state index in [9.17, 15) is 0 Å². The molecule has 2 N–H and O–H groups in total. The standard InChI is InChI=1S/C12H24N2O/c1-2-15-9-11-8-14(13)10-12(11)6-4-3-5-7-12/h11H,2-10,13H2,1H3. The van der Waals surface area contributed by atoms with E-state index in [4.69, 9.17) is 10.6 Å². The van der Waals surface area contributed by atoms with Crippen LogP contribution < -0.4 is 5.84 Å². The Hall–Kier alpha value is -0.120. The highest BCUT2D eigenvalue weighted by Gasteiger charge is 2.45. The fourth-order valence-electron chi connectivity index (χ4n) is 3.39. The quantitative estimate of drug-likeness (QED) is 0.725. The van der Waals surface area contributed by atoms with E-state index in [-0.39, 0.29) is 0 Å². The van der Waals surface area contributed by atoms with Crippen molar-refractivity contribution in [2.75, 3.05) is 26.3 Å². The summed E-state index contributed by atoms with van der Waals surface area (Å²) in [6.07, 6.45) is 6.90. The molecule has 0 radical (unpaired) electrons. The van der Waals surface area contributed by atoms with Crippen LogP contribution in [0.4, 0.5) is 0 Å². The van der Waals surface area contributed by atoms with Crippen molar-refractivity contribution in [2.24, 2.45) is 17.2 Å². The molecule has 0 amide bonds. The summed E-state index contributed by atoms with van der Waals surface area (Å²) in [5.41, 5.74) is 0.488. The summed E-state index contributed by atoms with van der Waals surface area (Å²) >= 11 is 0. The van der Waals surface area contributed by atoms with Gasteiger partial charge in [-0.05, 0) is 25.2 Å². The molecule has 0 bridgehead atoms. The third kappa shape index (κ3) is 2.35. The summed E-state index contributed by atoms with van der Waals surface area (Å²) in [5, 5.41) is 2.01. The van der Waals surface area contributed by atoms with Gasteiger partial charge in [-0.15, -0.1) is 0 Å². The fourth-order valence-corrected chi connectivity index (χ4v) is 3.39. The topological polar surface area (TPSA) is 38.5 Å². The smallest absolute Gasteiger partial charge is 0.0512 e. The largest absolute Gasteiger partial charge is 0.381 e. The van der Waals surface area contributed by atoms with Crippen LogP contribution in [-0.2, 0) is 4.74 Å². The van der Waals surface area contributed by atoms with Gasteiger partial charge in [0.2, 0.25) is 0 Å². The van der Waals surface area contributed by atoms with E-state index in [2.05, 4.69) is 6.92 Å². The Kier molecular flexibility index (Phi) is 3.65. The van der Waals surface area contributed by atoms with Crippen LogP contribution in [0.2, 0.25) is 0 Å². The number of hydrogen-bond donors (Lipinski definition) is 1. The summed E-state index contributed by atoms with van der Waals surface area (Å²) in [7, 11) is 0. The molecule has 1 unspecified atom stereocenters. The first-order chi connectivity index (χ1) is 7.27. The second-order valence-electron chi connectivity index (χ2n) is 5.21. The maximum absolute atomic E-state index is 5.98. The fraction of sp³-hybridized carbons (Fsp3) is 1.00. The summed E-state index contributed by atoms with van der Waals surface area (Å²) in [6, 6.07) is 0. The molecule has 0 aromatic heterocycles. The van der Waals surface area contributed by atoms with Gasteiger partial charge in [0.25, 0.3) is 0 Å². The van der Waals surface area contributed by atoms with Crippen LogP contribution in [0.5, 0.6) is 0 Å². The van der Waals surface area contributed by atoms with Crippen LogP contribution in [0.25, 0.3) is 0 Å². The molecule has 2 rings (SSSR count). The van der Waals surface area contributed by atoms with Crippen LogP contribution >= 0.6 is 0 Å². The van der Waals surface area contributed by atoms with E-state index in [1.807, 2.05) is 5.01 Å². The van der Waals surface area contributed by atoms with E-state index in [1.165, 1.54) is 32.1 Å². The molecule has 3 nitrogen and oxygen atoms in total. The highest BCUT2D eigenvalue weighted by Crippen LogP contribution is 2.46. The number of nitrogens with two attached hydrogens (primary N) is 1. The number of hydrazine groups is 1. The minimum atomic E-state index is 0.488. The average molecular weight is 212 g/mol. The Morgan fingerprint density at radius 1 is 1.33 bits per heavy atom. The number of ether oxygens (including phenoxy) is 1. The van der Waals surface area contributed by atoms with Crippen molar-refractivity contribution in [1.29, 1.82) is 0 Å². The van der Waals surface area contributed by atoms with Crippen LogP contribution in [0, 0.1) is 11.3 Å². The van der Waals surface area contributed by atoms with Crippen LogP contribution in [0.15, 0.2) is 0 Å². The number of hydrogen-bond acceptors (Lipinski definition) is 3. The van der Waals surface area contributed by atoms with Crippen LogP contribution in [0.3, 0.4) is 0 Å². The first kappa shape index (κ1) is 11.4. The molecule has 2 fully saturated rings. The maximum Gasteiger partial charge on any atom is 0.0512 e. The lowest BCUT2D eigenvalue weighted by molar-refractivity contribution is 0.0467. The molecule has 1 saturated carbocycles. The molecule has 1 aliphatic heterocycles. The molecule has 2 aliphatic rings. The Balaban J connectivity index is 1.99. The van der Waals surface area contributed by atoms with Gasteiger partial charge in [-0.2, -0.15) is 0 Å². The first-order valence-corrected chi connectivity index (χ1v) is 6.34. The Bertz CT molecular complexity index is 202. The number of nitrogens with zero attached hydrogens (tertiary/aromatic N) is 1. The van der Waals surface area contributed by atoms with Gasteiger partial charge in [-0.1, -0.05) is 19.3 Å². The summed E-state index contributed by atoms with van der Waals surface area (Å²) in [6.45, 7) is 5.93. The third-order valence-electron chi connectivity index (χ3n) is 4.21. The maximum atomic E-state index is 5.98. The predicted octanol–water partition coefficient (Wildman–Crippen LogP) is 1.78. The van der Waals surface area contributed by atoms with Gasteiger partial charge < -0.3 is 4.74 Å². The molecule has 1 heterocycles. The zero-order valence-electron chi connectivity index (χ0n) is 9.87. The van der Waals surface area contributed by atoms with E-state index >= 15 is 0 Å². The Morgan fingerprint density at radius 2 is 2.07 bits per heavy atom. The van der Waals surface area contributed by atoms with Crippen molar-refractivity contribution >= 4 is 0 Å². The van der Waals surface area contributed by atoms with E-state index in [0.29, 0.717) is 11.3 Å². The molecular formula is C12H24N2O. The molecule has 1 spiro atoms. The zero-order valence-corrected chi connectivity index (χ0v) is 9.87. The minimum Gasteiger partial charge on any atom is -0.381 e. The van der Waals surface area contributed by atoms with Gasteiger partial charge in [0, 0.05) is 25.6 Å². The van der Waals surface area contributed by atoms with Crippen LogP contribution in [0.1, 0.15) is 39.0 Å². The van der Waals surface area contributed by atoms with E-state index < -0.39 is 0 Å². The van der Waals surface area contributed by atoms with Gasteiger partial charge in [0.1, 0.15) is 0 Å². The highest BCUT2D eigenvalue weighted by atomic mass is 16.5. The molecule has 3 heteroatoms. The molecule has 15 heavy (non-hydrogen) atoms. The average Bonchev–Trinajstić information content (AvgIpc) is 2.53. The second kappa shape index (κ2) is 4.81. The lowest BCUT2D eigenvalue weighted by Gasteiger charge is -2.38. The molecular weight excluding hydrogens is 188 g/mol. The van der Waals surface area contributed by atoms with Gasteiger partial charge in [0.05, 0.1) is 6.61 Å². The SMILES string of the molecule is CCOCC1CN(N)CC12CCCCC2. The lowest BCUT2D eigenvalue weighted by atomic mass is 9.68. The van der Waals surface area contributed by atoms with Crippen molar-refractivity contribution in [3.05, 3.63) is 0 Å². The van der Waals surface area contributed by atoms with Gasteiger partial charge in [-0.25, -0.2) is 5.01 Å². The van der Waals surface area contributed by atoms with Gasteiger partial charge in [0.15, 0.2) is 0 Å². The van der Waals surface area contributed by atoms with Crippen LogP contribution in [-0.4, -0.2) is 31.3 Å². The second-order valence-corrected chi connectivity index (χ2v) is 5.21. The van der Waals surface area contributed by atoms with E-state index in [0.717, 1.165) is 26.3 Å². The summed E-state index contributed by atoms with van der Waals surface area (Å²) in [5.74, 6) is 6.65. The van der Waals surface area contributed by atoms with E-state index in [1.54, 1.807) is 0 Å². The molecule has 1 aliphatic carbocycles. The van der Waals surface area contributed by atoms with Gasteiger partial charge >= 0.3 is 0 Å². The molecule has 0 aromatic carbocycles. The summed E-state index contributed by atoms with van der Waals surface area (Å²) < 4.78 is 5.61. The zero-order chi connectivity index (χ0) is 10.7. The van der Waals surface area contributed by atoms with Crippen molar-refractivity contribution in [2.45, 2.75) is 39.0 Å². The minimum absolute atomic E-state index is 0.488. The molecule has 1 atom stereocenters. The van der Waals surface area contributed by atoms with Crippen molar-refractivity contribution in [3.8, 4) is 0 Å². The normalized spacial score (nSPS) is 31.2. The predicted molar refractivity (Wildman–Crippen MR) is 61.3 cm³/mol. The Morgan fingerprint density at radius 3 is 2.73 bits per heavy atom. The van der Waals surface area contributed by atoms with Gasteiger partial charge in [-0.3, -0.25) is 5.84 Å². The summed E-state index contributed by atoms with van der Waals surface area (Å²) in [4.78, 5) is 0. The van der Waals surface area contributed by atoms with Crippen molar-refractivity contribution in [1.82, 2.24) is 5.01 Å². The van der Waals surface area contributed by atoms with Crippen molar-refractivity contribution in [3.63, 3.8) is 0 Å². The number of rotatable bonds is 3. The third-order valence-corrected chi connectivity index (χ3v) is 4.21. The van der Waals surface area contributed by atoms with Crippen molar-refractivity contribution < 1.29 is 4.74 Å². The Labute approximate surface area is 92.9 Å². The molecule has 1 saturated heterocycles. The molecule has 88 valence electrons.